The fraction of sp³-hybridized carbons (Fsp3) is 0. The molecule has 0 radical (unpaired) electrons. The van der Waals surface area contributed by atoms with Gasteiger partial charge in [-0.25, -0.2) is 0 Å². The van der Waals surface area contributed by atoms with Gasteiger partial charge < -0.3 is 4.90 Å². The number of rotatable bonds is 4. The zero-order valence-corrected chi connectivity index (χ0v) is 24.8. The average Bonchev–Trinajstić information content (AvgIpc) is 3.49. The molecule has 1 nitrogen and oxygen atoms in total. The van der Waals surface area contributed by atoms with Crippen LogP contribution in [0.3, 0.4) is 0 Å². The molecular weight excluding hydrogens is 551 g/mol. The summed E-state index contributed by atoms with van der Waals surface area (Å²) in [4.78, 5) is 2.49. The molecular formula is C42H27NS. The normalized spacial score (nSPS) is 11.6. The van der Waals surface area contributed by atoms with Crippen molar-refractivity contribution < 1.29 is 0 Å². The van der Waals surface area contributed by atoms with E-state index in [1.165, 1.54) is 75.0 Å². The molecule has 9 rings (SSSR count). The van der Waals surface area contributed by atoms with Crippen LogP contribution in [-0.2, 0) is 0 Å². The summed E-state index contributed by atoms with van der Waals surface area (Å²) >= 11 is 1.89. The predicted molar refractivity (Wildman–Crippen MR) is 192 cm³/mol. The molecule has 0 aliphatic heterocycles. The van der Waals surface area contributed by atoms with E-state index in [9.17, 15) is 0 Å². The minimum atomic E-state index is 1.15. The zero-order chi connectivity index (χ0) is 29.0. The van der Waals surface area contributed by atoms with E-state index in [2.05, 4.69) is 169 Å². The molecule has 0 unspecified atom stereocenters. The lowest BCUT2D eigenvalue weighted by Crippen LogP contribution is -2.11. The Hall–Kier alpha value is -5.44. The monoisotopic (exact) mass is 577 g/mol. The van der Waals surface area contributed by atoms with Crippen molar-refractivity contribution in [3.05, 3.63) is 164 Å². The largest absolute Gasteiger partial charge is 0.309 e. The van der Waals surface area contributed by atoms with Gasteiger partial charge in [-0.1, -0.05) is 133 Å². The molecule has 0 bridgehead atoms. The Kier molecular flexibility index (Phi) is 5.75. The number of anilines is 3. The molecule has 9 aromatic rings. The highest BCUT2D eigenvalue weighted by Crippen LogP contribution is 2.49. The Balaban J connectivity index is 1.41. The summed E-state index contributed by atoms with van der Waals surface area (Å²) in [6, 6.07) is 59.8. The van der Waals surface area contributed by atoms with Gasteiger partial charge >= 0.3 is 0 Å². The van der Waals surface area contributed by atoms with Crippen molar-refractivity contribution in [2.45, 2.75) is 0 Å². The van der Waals surface area contributed by atoms with Crippen LogP contribution >= 0.6 is 11.3 Å². The van der Waals surface area contributed by atoms with Gasteiger partial charge in [0.2, 0.25) is 0 Å². The molecule has 1 heterocycles. The molecule has 0 fully saturated rings. The number of thiophene rings is 1. The smallest absolute Gasteiger partial charge is 0.0555 e. The second-order valence-electron chi connectivity index (χ2n) is 11.3. The number of nitrogens with zero attached hydrogens (tertiary/aromatic N) is 1. The van der Waals surface area contributed by atoms with Crippen molar-refractivity contribution >= 4 is 80.9 Å². The third-order valence-corrected chi connectivity index (χ3v) is 10.0. The number of hydrogen-bond acceptors (Lipinski definition) is 2. The van der Waals surface area contributed by atoms with Crippen LogP contribution in [0.25, 0.3) is 63.6 Å². The number of fused-ring (bicyclic) bond motifs is 7. The minimum absolute atomic E-state index is 1.15. The molecule has 0 N–H and O–H groups in total. The lowest BCUT2D eigenvalue weighted by atomic mass is 9.98. The second kappa shape index (κ2) is 10.1. The van der Waals surface area contributed by atoms with Crippen molar-refractivity contribution in [3.63, 3.8) is 0 Å². The average molecular weight is 578 g/mol. The van der Waals surface area contributed by atoms with Crippen molar-refractivity contribution in [2.75, 3.05) is 4.90 Å². The van der Waals surface area contributed by atoms with Gasteiger partial charge in [0.15, 0.2) is 0 Å². The maximum absolute atomic E-state index is 2.49. The maximum Gasteiger partial charge on any atom is 0.0555 e. The van der Waals surface area contributed by atoms with E-state index in [4.69, 9.17) is 0 Å². The lowest BCUT2D eigenvalue weighted by Gasteiger charge is -2.28. The highest BCUT2D eigenvalue weighted by Gasteiger charge is 2.22. The molecule has 0 saturated heterocycles. The molecule has 0 aliphatic carbocycles. The first kappa shape index (κ1) is 25.1. The number of benzene rings is 8. The topological polar surface area (TPSA) is 3.24 Å². The van der Waals surface area contributed by atoms with Crippen molar-refractivity contribution in [2.24, 2.45) is 0 Å². The fourth-order valence-corrected chi connectivity index (χ4v) is 8.04. The molecule has 206 valence electrons. The summed E-state index contributed by atoms with van der Waals surface area (Å²) in [6.07, 6.45) is 0. The van der Waals surface area contributed by atoms with E-state index in [0.717, 1.165) is 5.69 Å². The van der Waals surface area contributed by atoms with Gasteiger partial charge in [-0.3, -0.25) is 0 Å². The summed E-state index contributed by atoms with van der Waals surface area (Å²) in [5, 5.41) is 10.1. The van der Waals surface area contributed by atoms with Gasteiger partial charge in [0.05, 0.1) is 11.4 Å². The lowest BCUT2D eigenvalue weighted by molar-refractivity contribution is 1.32. The summed E-state index contributed by atoms with van der Waals surface area (Å²) in [5.41, 5.74) is 6.02. The van der Waals surface area contributed by atoms with Gasteiger partial charge in [-0.15, -0.1) is 11.3 Å². The van der Waals surface area contributed by atoms with E-state index >= 15 is 0 Å². The molecule has 0 aliphatic rings. The Morgan fingerprint density at radius 3 is 1.89 bits per heavy atom. The predicted octanol–water partition coefficient (Wildman–Crippen LogP) is 12.7. The molecule has 0 atom stereocenters. The first-order chi connectivity index (χ1) is 21.8. The summed E-state index contributed by atoms with van der Waals surface area (Å²) in [6.45, 7) is 0. The summed E-state index contributed by atoms with van der Waals surface area (Å²) in [7, 11) is 0. The van der Waals surface area contributed by atoms with Gasteiger partial charge in [0.25, 0.3) is 0 Å². The fourth-order valence-electron chi connectivity index (χ4n) is 6.78. The number of hydrogen-bond donors (Lipinski definition) is 0. The molecule has 0 saturated carbocycles. The van der Waals surface area contributed by atoms with E-state index in [1.54, 1.807) is 0 Å². The van der Waals surface area contributed by atoms with Crippen molar-refractivity contribution in [1.29, 1.82) is 0 Å². The van der Waals surface area contributed by atoms with Crippen LogP contribution in [0, 0.1) is 0 Å². The molecule has 2 heteroatoms. The van der Waals surface area contributed by atoms with E-state index in [-0.39, 0.29) is 0 Å². The Morgan fingerprint density at radius 2 is 1.05 bits per heavy atom. The highest BCUT2D eigenvalue weighted by molar-refractivity contribution is 7.26. The van der Waals surface area contributed by atoms with Gasteiger partial charge in [0.1, 0.15) is 0 Å². The first-order valence-corrected chi connectivity index (χ1v) is 15.8. The third-order valence-electron chi connectivity index (χ3n) is 8.83. The Bertz CT molecular complexity index is 2500. The van der Waals surface area contributed by atoms with Crippen LogP contribution in [0.1, 0.15) is 0 Å². The summed E-state index contributed by atoms with van der Waals surface area (Å²) in [5.74, 6) is 0. The van der Waals surface area contributed by atoms with Crippen molar-refractivity contribution in [3.8, 4) is 11.1 Å². The van der Waals surface area contributed by atoms with Crippen LogP contribution in [0.5, 0.6) is 0 Å². The summed E-state index contributed by atoms with van der Waals surface area (Å²) < 4.78 is 2.61. The second-order valence-corrected chi connectivity index (χ2v) is 12.4. The van der Waals surface area contributed by atoms with Crippen LogP contribution < -0.4 is 4.90 Å². The van der Waals surface area contributed by atoms with Crippen LogP contribution in [0.4, 0.5) is 17.1 Å². The van der Waals surface area contributed by atoms with Crippen LogP contribution in [-0.4, -0.2) is 0 Å². The van der Waals surface area contributed by atoms with E-state index < -0.39 is 0 Å². The minimum Gasteiger partial charge on any atom is -0.309 e. The third kappa shape index (κ3) is 3.92. The van der Waals surface area contributed by atoms with Gasteiger partial charge in [0, 0.05) is 31.2 Å². The van der Waals surface area contributed by atoms with E-state index in [1.807, 2.05) is 11.3 Å². The molecule has 0 spiro atoms. The van der Waals surface area contributed by atoms with Crippen molar-refractivity contribution in [1.82, 2.24) is 0 Å². The maximum atomic E-state index is 2.49. The molecule has 44 heavy (non-hydrogen) atoms. The van der Waals surface area contributed by atoms with Crippen LogP contribution in [0.15, 0.2) is 164 Å². The molecule has 1 aromatic heterocycles. The van der Waals surface area contributed by atoms with Gasteiger partial charge in [-0.05, 0) is 68.4 Å². The van der Waals surface area contributed by atoms with Crippen LogP contribution in [0.2, 0.25) is 0 Å². The quantitative estimate of drug-likeness (QED) is 0.188. The van der Waals surface area contributed by atoms with Gasteiger partial charge in [-0.2, -0.15) is 0 Å². The Labute approximate surface area is 259 Å². The zero-order valence-electron chi connectivity index (χ0n) is 23.9. The molecule has 0 amide bonds. The van der Waals surface area contributed by atoms with E-state index in [0.29, 0.717) is 0 Å². The standard InChI is InChI=1S/C42H27NS/c1-2-11-29(12-3-1)35-25-26-39(41-36-18-8-9-20-40(36)44-42(35)41)43(38-19-10-15-28-13-5-7-17-34(28)38)32-24-23-31-22-21-30-14-4-6-16-33(30)37(31)27-32/h1-27H. The Morgan fingerprint density at radius 1 is 0.409 bits per heavy atom. The highest BCUT2D eigenvalue weighted by atomic mass is 32.1. The SMILES string of the molecule is c1ccc(-c2ccc(N(c3ccc4ccc5ccccc5c4c3)c3cccc4ccccc34)c3c2sc2ccccc23)cc1. The first-order valence-electron chi connectivity index (χ1n) is 15.0. The molecule has 8 aromatic carbocycles.